The molecule has 3 aliphatic rings. The number of aromatic nitrogens is 2. The number of urea groups is 1. The zero-order chi connectivity index (χ0) is 18.7. The molecule has 4 rings (SSSR count). The monoisotopic (exact) mass is 378 g/mol. The predicted molar refractivity (Wildman–Crippen MR) is 97.7 cm³/mol. The number of hydrogen-bond acceptors (Lipinski definition) is 6. The first kappa shape index (κ1) is 18.7. The second kappa shape index (κ2) is 8.14. The van der Waals surface area contributed by atoms with E-state index in [1.54, 1.807) is 7.11 Å². The smallest absolute Gasteiger partial charge is 0.319 e. The van der Waals surface area contributed by atoms with Crippen LogP contribution in [0.5, 0.6) is 0 Å². The van der Waals surface area contributed by atoms with Crippen molar-refractivity contribution in [3.8, 4) is 0 Å². The van der Waals surface area contributed by atoms with Gasteiger partial charge in [-0.1, -0.05) is 5.16 Å². The molecule has 0 aliphatic carbocycles. The van der Waals surface area contributed by atoms with Gasteiger partial charge in [0.15, 0.2) is 5.82 Å². The average Bonchev–Trinajstić information content (AvgIpc) is 3.41. The minimum Gasteiger partial charge on any atom is -0.384 e. The van der Waals surface area contributed by atoms with Gasteiger partial charge in [0.1, 0.15) is 0 Å². The zero-order valence-corrected chi connectivity index (χ0v) is 16.2. The number of piperidine rings is 1. The van der Waals surface area contributed by atoms with Crippen molar-refractivity contribution in [3.63, 3.8) is 0 Å². The highest BCUT2D eigenvalue weighted by molar-refractivity contribution is 5.74. The third-order valence-corrected chi connectivity index (χ3v) is 6.28. The van der Waals surface area contributed by atoms with Crippen molar-refractivity contribution in [1.29, 1.82) is 0 Å². The molecule has 27 heavy (non-hydrogen) atoms. The fourth-order valence-electron chi connectivity index (χ4n) is 4.51. The molecule has 1 aromatic heterocycles. The van der Waals surface area contributed by atoms with Crippen LogP contribution in [0.4, 0.5) is 4.79 Å². The maximum absolute atomic E-state index is 12.5. The molecule has 8 nitrogen and oxygen atoms in total. The van der Waals surface area contributed by atoms with E-state index >= 15 is 0 Å². The van der Waals surface area contributed by atoms with E-state index in [9.17, 15) is 4.79 Å². The summed E-state index contributed by atoms with van der Waals surface area (Å²) in [5.74, 6) is 1.69. The number of amides is 2. The molecule has 0 bridgehead atoms. The summed E-state index contributed by atoms with van der Waals surface area (Å²) in [6.45, 7) is 5.30. The molecule has 0 spiro atoms. The summed E-state index contributed by atoms with van der Waals surface area (Å²) in [7, 11) is 1.71. The van der Waals surface area contributed by atoms with Crippen molar-refractivity contribution in [3.05, 3.63) is 11.7 Å². The highest BCUT2D eigenvalue weighted by Gasteiger charge is 2.40. The summed E-state index contributed by atoms with van der Waals surface area (Å²) in [6.07, 6.45) is 5.71. The van der Waals surface area contributed by atoms with Crippen LogP contribution in [0.25, 0.3) is 0 Å². The number of ether oxygens (including phenoxy) is 2. The fraction of sp³-hybridized carbons (Fsp3) is 0.842. The molecule has 0 aromatic carbocycles. The Labute approximate surface area is 160 Å². The van der Waals surface area contributed by atoms with Crippen LogP contribution in [-0.2, 0) is 14.9 Å². The largest absolute Gasteiger partial charge is 0.384 e. The zero-order valence-electron chi connectivity index (χ0n) is 16.2. The van der Waals surface area contributed by atoms with Gasteiger partial charge in [-0.2, -0.15) is 4.98 Å². The summed E-state index contributed by atoms with van der Waals surface area (Å²) >= 11 is 0. The van der Waals surface area contributed by atoms with Crippen LogP contribution in [0.3, 0.4) is 0 Å². The lowest BCUT2D eigenvalue weighted by Gasteiger charge is -2.34. The highest BCUT2D eigenvalue weighted by atomic mass is 16.5. The number of rotatable bonds is 4. The van der Waals surface area contributed by atoms with Crippen LogP contribution in [-0.4, -0.2) is 79.1 Å². The molecule has 8 heteroatoms. The van der Waals surface area contributed by atoms with Gasteiger partial charge in [0.05, 0.1) is 12.0 Å². The van der Waals surface area contributed by atoms with Gasteiger partial charge in [-0.05, 0) is 38.5 Å². The molecule has 3 saturated heterocycles. The van der Waals surface area contributed by atoms with E-state index in [0.29, 0.717) is 25.7 Å². The predicted octanol–water partition coefficient (Wildman–Crippen LogP) is 2.16. The summed E-state index contributed by atoms with van der Waals surface area (Å²) in [6, 6.07) is 0.193. The van der Waals surface area contributed by atoms with Crippen molar-refractivity contribution >= 4 is 6.03 Å². The van der Waals surface area contributed by atoms with Crippen LogP contribution in [0, 0.1) is 0 Å². The molecule has 0 radical (unpaired) electrons. The molecule has 3 aliphatic heterocycles. The van der Waals surface area contributed by atoms with Gasteiger partial charge >= 0.3 is 6.03 Å². The molecular formula is C19H30N4O4. The Morgan fingerprint density at radius 3 is 2.48 bits per heavy atom. The second-order valence-corrected chi connectivity index (χ2v) is 8.02. The molecule has 0 atom stereocenters. The standard InChI is InChI=1S/C19H30N4O4/c1-25-14-19(6-12-26-13-7-19)17-20-16(27-21-17)15-4-10-23(11-5-15)18(24)22-8-2-3-9-22/h15H,2-14H2,1H3. The van der Waals surface area contributed by atoms with Crippen molar-refractivity contribution in [2.75, 3.05) is 53.1 Å². The summed E-state index contributed by atoms with van der Waals surface area (Å²) in [4.78, 5) is 21.3. The van der Waals surface area contributed by atoms with E-state index in [1.165, 1.54) is 0 Å². The van der Waals surface area contributed by atoms with Gasteiger partial charge in [0.25, 0.3) is 0 Å². The van der Waals surface area contributed by atoms with Gasteiger partial charge < -0.3 is 23.8 Å². The lowest BCUT2D eigenvalue weighted by molar-refractivity contribution is 0.00915. The summed E-state index contributed by atoms with van der Waals surface area (Å²) < 4.78 is 16.6. The van der Waals surface area contributed by atoms with Gasteiger partial charge in [-0.25, -0.2) is 4.79 Å². The first-order chi connectivity index (χ1) is 13.2. The summed E-state index contributed by atoms with van der Waals surface area (Å²) in [5.41, 5.74) is -0.207. The minimum absolute atomic E-state index is 0.193. The lowest BCUT2D eigenvalue weighted by Crippen LogP contribution is -2.45. The van der Waals surface area contributed by atoms with Gasteiger partial charge in [0, 0.05) is 52.4 Å². The van der Waals surface area contributed by atoms with E-state index in [2.05, 4.69) is 5.16 Å². The van der Waals surface area contributed by atoms with Gasteiger partial charge in [-0.15, -0.1) is 0 Å². The Balaban J connectivity index is 1.38. The topological polar surface area (TPSA) is 80.9 Å². The fourth-order valence-corrected chi connectivity index (χ4v) is 4.51. The van der Waals surface area contributed by atoms with Gasteiger partial charge in [-0.3, -0.25) is 0 Å². The van der Waals surface area contributed by atoms with E-state index in [1.807, 2.05) is 9.80 Å². The Bertz CT molecular complexity index is 624. The van der Waals surface area contributed by atoms with E-state index in [-0.39, 0.29) is 17.4 Å². The molecule has 0 unspecified atom stereocenters. The third kappa shape index (κ3) is 3.82. The first-order valence-electron chi connectivity index (χ1n) is 10.2. The van der Waals surface area contributed by atoms with Crippen LogP contribution in [0.1, 0.15) is 56.2 Å². The first-order valence-corrected chi connectivity index (χ1v) is 10.2. The third-order valence-electron chi connectivity index (χ3n) is 6.28. The molecule has 2 amide bonds. The molecule has 1 aromatic rings. The minimum atomic E-state index is -0.207. The molecule has 3 fully saturated rings. The van der Waals surface area contributed by atoms with Crippen molar-refractivity contribution in [2.45, 2.75) is 49.9 Å². The quantitative estimate of drug-likeness (QED) is 0.799. The van der Waals surface area contributed by atoms with Crippen LogP contribution in [0.2, 0.25) is 0 Å². The van der Waals surface area contributed by atoms with Crippen molar-refractivity contribution in [2.24, 2.45) is 0 Å². The normalized spacial score (nSPS) is 23.7. The SMILES string of the molecule is COCC1(c2noc(C3CCN(C(=O)N4CCCC4)CC3)n2)CCOCC1. The number of carbonyl (C=O) groups is 1. The van der Waals surface area contributed by atoms with Crippen LogP contribution < -0.4 is 0 Å². The summed E-state index contributed by atoms with van der Waals surface area (Å²) in [5, 5.41) is 4.31. The highest BCUT2D eigenvalue weighted by Crippen LogP contribution is 2.35. The Morgan fingerprint density at radius 2 is 1.81 bits per heavy atom. The Morgan fingerprint density at radius 1 is 1.15 bits per heavy atom. The van der Waals surface area contributed by atoms with E-state index in [0.717, 1.165) is 70.5 Å². The van der Waals surface area contributed by atoms with Crippen LogP contribution in [0.15, 0.2) is 4.52 Å². The van der Waals surface area contributed by atoms with Crippen molar-refractivity contribution < 1.29 is 18.8 Å². The molecule has 0 N–H and O–H groups in total. The Kier molecular flexibility index (Phi) is 5.63. The molecular weight excluding hydrogens is 348 g/mol. The lowest BCUT2D eigenvalue weighted by atomic mass is 9.80. The number of nitrogens with zero attached hydrogens (tertiary/aromatic N) is 4. The van der Waals surface area contributed by atoms with E-state index < -0.39 is 0 Å². The number of carbonyl (C=O) groups excluding carboxylic acids is 1. The maximum Gasteiger partial charge on any atom is 0.319 e. The number of methoxy groups -OCH3 is 1. The average molecular weight is 378 g/mol. The number of likely N-dealkylation sites (tertiary alicyclic amines) is 2. The Hall–Kier alpha value is -1.67. The maximum atomic E-state index is 12.5. The number of hydrogen-bond donors (Lipinski definition) is 0. The van der Waals surface area contributed by atoms with E-state index in [4.69, 9.17) is 19.0 Å². The molecule has 0 saturated carbocycles. The molecule has 4 heterocycles. The van der Waals surface area contributed by atoms with Crippen molar-refractivity contribution in [1.82, 2.24) is 19.9 Å². The second-order valence-electron chi connectivity index (χ2n) is 8.02. The van der Waals surface area contributed by atoms with Crippen LogP contribution >= 0.6 is 0 Å². The van der Waals surface area contributed by atoms with Gasteiger partial charge in [0.2, 0.25) is 5.89 Å². The molecule has 150 valence electrons.